The molecule has 0 aliphatic heterocycles. The van der Waals surface area contributed by atoms with Crippen LogP contribution >= 0.6 is 11.6 Å². The van der Waals surface area contributed by atoms with Gasteiger partial charge in [0.25, 0.3) is 0 Å². The number of benzene rings is 3. The monoisotopic (exact) mass is 492 g/mol. The molecule has 1 aliphatic carbocycles. The Balaban J connectivity index is 1.47. The van der Waals surface area contributed by atoms with Crippen molar-refractivity contribution in [1.29, 1.82) is 0 Å². The van der Waals surface area contributed by atoms with Crippen molar-refractivity contribution < 1.29 is 24.2 Å². The predicted octanol–water partition coefficient (Wildman–Crippen LogP) is 5.89. The van der Waals surface area contributed by atoms with Crippen molar-refractivity contribution in [3.05, 3.63) is 82.9 Å². The van der Waals surface area contributed by atoms with E-state index in [1.165, 1.54) is 7.11 Å². The van der Waals surface area contributed by atoms with Crippen LogP contribution in [0.4, 0.5) is 16.2 Å². The van der Waals surface area contributed by atoms with Crippen LogP contribution in [0.15, 0.2) is 66.7 Å². The second kappa shape index (κ2) is 10.3. The Hall–Kier alpha value is -3.68. The van der Waals surface area contributed by atoms with Gasteiger partial charge in [0.1, 0.15) is 0 Å². The standard InChI is InChI=1S/C27H25ClN2O5/c1-35-16-27(15-24(31)32)12-11-19-13-18(7-10-23(19)25(27)33)17-5-8-21(9-6-17)29-26(34)30-22-4-2-3-20(28)14-22/h2-10,13-14H,11-12,15-16H2,1H3,(H,31,32)(H2,29,30,34). The Kier molecular flexibility index (Phi) is 7.19. The maximum absolute atomic E-state index is 13.2. The number of urea groups is 1. The lowest BCUT2D eigenvalue weighted by atomic mass is 9.68. The zero-order valence-electron chi connectivity index (χ0n) is 19.1. The number of hydrogen-bond donors (Lipinski definition) is 3. The molecule has 0 spiro atoms. The summed E-state index contributed by atoms with van der Waals surface area (Å²) in [5.41, 5.74) is 3.49. The van der Waals surface area contributed by atoms with Crippen LogP contribution in [0.5, 0.6) is 0 Å². The first-order chi connectivity index (χ1) is 16.8. The Morgan fingerprint density at radius 2 is 1.71 bits per heavy atom. The van der Waals surface area contributed by atoms with Crippen molar-refractivity contribution >= 4 is 40.8 Å². The third-order valence-electron chi connectivity index (χ3n) is 6.17. The van der Waals surface area contributed by atoms with E-state index in [1.807, 2.05) is 24.3 Å². The maximum Gasteiger partial charge on any atom is 0.323 e. The van der Waals surface area contributed by atoms with Gasteiger partial charge >= 0.3 is 12.0 Å². The number of nitrogens with one attached hydrogen (secondary N) is 2. The zero-order valence-corrected chi connectivity index (χ0v) is 19.9. The molecule has 1 unspecified atom stereocenters. The van der Waals surface area contributed by atoms with E-state index in [0.717, 1.165) is 16.7 Å². The molecule has 0 heterocycles. The number of aliphatic carboxylic acids is 1. The molecule has 180 valence electrons. The number of rotatable bonds is 7. The van der Waals surface area contributed by atoms with Crippen LogP contribution in [0.1, 0.15) is 28.8 Å². The van der Waals surface area contributed by atoms with Crippen molar-refractivity contribution in [2.75, 3.05) is 24.4 Å². The summed E-state index contributed by atoms with van der Waals surface area (Å²) >= 11 is 5.94. The molecule has 1 aliphatic rings. The number of carboxylic acid groups (broad SMARTS) is 1. The topological polar surface area (TPSA) is 105 Å². The van der Waals surface area contributed by atoms with Crippen molar-refractivity contribution in [1.82, 2.24) is 0 Å². The maximum atomic E-state index is 13.2. The number of halogens is 1. The fourth-order valence-corrected chi connectivity index (χ4v) is 4.69. The second-order valence-electron chi connectivity index (χ2n) is 8.65. The van der Waals surface area contributed by atoms with E-state index in [9.17, 15) is 19.5 Å². The van der Waals surface area contributed by atoms with Gasteiger partial charge in [0.15, 0.2) is 5.78 Å². The molecule has 0 saturated heterocycles. The van der Waals surface area contributed by atoms with Crippen LogP contribution in [-0.2, 0) is 16.0 Å². The molecule has 7 nitrogen and oxygen atoms in total. The molecular weight excluding hydrogens is 468 g/mol. The molecule has 3 N–H and O–H groups in total. The number of carbonyl (C=O) groups excluding carboxylic acids is 2. The normalized spacial score (nSPS) is 16.9. The summed E-state index contributed by atoms with van der Waals surface area (Å²) in [5.74, 6) is -1.19. The van der Waals surface area contributed by atoms with E-state index in [-0.39, 0.29) is 24.8 Å². The van der Waals surface area contributed by atoms with E-state index in [4.69, 9.17) is 16.3 Å². The van der Waals surface area contributed by atoms with Crippen LogP contribution in [0.3, 0.4) is 0 Å². The number of ether oxygens (including phenoxy) is 1. The number of Topliss-reactive ketones (excluding diaryl/α,β-unsaturated/α-hetero) is 1. The summed E-state index contributed by atoms with van der Waals surface area (Å²) in [7, 11) is 1.48. The van der Waals surface area contributed by atoms with Gasteiger partial charge in [-0.2, -0.15) is 0 Å². The minimum atomic E-state index is -1.03. The average Bonchev–Trinajstić information content (AvgIpc) is 2.81. The van der Waals surface area contributed by atoms with Crippen molar-refractivity contribution in [2.24, 2.45) is 5.41 Å². The van der Waals surface area contributed by atoms with E-state index in [2.05, 4.69) is 10.6 Å². The summed E-state index contributed by atoms with van der Waals surface area (Å²) < 4.78 is 5.22. The fraction of sp³-hybridized carbons (Fsp3) is 0.222. The smallest absolute Gasteiger partial charge is 0.323 e. The van der Waals surface area contributed by atoms with E-state index >= 15 is 0 Å². The number of amides is 2. The highest BCUT2D eigenvalue weighted by Crippen LogP contribution is 2.40. The summed E-state index contributed by atoms with van der Waals surface area (Å²) in [4.78, 5) is 36.9. The predicted molar refractivity (Wildman–Crippen MR) is 135 cm³/mol. The summed E-state index contributed by atoms with van der Waals surface area (Å²) in [6.45, 7) is 0.0820. The first-order valence-corrected chi connectivity index (χ1v) is 11.5. The molecule has 8 heteroatoms. The first kappa shape index (κ1) is 24.4. The van der Waals surface area contributed by atoms with Crippen LogP contribution in [0.25, 0.3) is 11.1 Å². The number of methoxy groups -OCH3 is 1. The zero-order chi connectivity index (χ0) is 25.0. The Morgan fingerprint density at radius 3 is 2.40 bits per heavy atom. The highest BCUT2D eigenvalue weighted by molar-refractivity contribution is 6.30. The van der Waals surface area contributed by atoms with Gasteiger partial charge in [-0.1, -0.05) is 48.0 Å². The lowest BCUT2D eigenvalue weighted by molar-refractivity contribution is -0.140. The minimum absolute atomic E-state index is 0.0820. The average molecular weight is 493 g/mol. The molecule has 3 aromatic rings. The van der Waals surface area contributed by atoms with E-state index < -0.39 is 11.4 Å². The minimum Gasteiger partial charge on any atom is -0.481 e. The molecule has 3 aromatic carbocycles. The van der Waals surface area contributed by atoms with Crippen LogP contribution < -0.4 is 10.6 Å². The third-order valence-corrected chi connectivity index (χ3v) is 6.41. The molecule has 0 saturated carbocycles. The highest BCUT2D eigenvalue weighted by atomic mass is 35.5. The molecule has 35 heavy (non-hydrogen) atoms. The number of ketones is 1. The molecule has 1 atom stereocenters. The number of hydrogen-bond acceptors (Lipinski definition) is 4. The second-order valence-corrected chi connectivity index (χ2v) is 9.09. The Morgan fingerprint density at radius 1 is 1.00 bits per heavy atom. The number of carbonyl (C=O) groups is 3. The van der Waals surface area contributed by atoms with Gasteiger partial charge in [-0.15, -0.1) is 0 Å². The van der Waals surface area contributed by atoms with Crippen LogP contribution in [-0.4, -0.2) is 36.6 Å². The molecule has 2 amide bonds. The van der Waals surface area contributed by atoms with Crippen LogP contribution in [0, 0.1) is 5.41 Å². The Labute approximate surface area is 208 Å². The first-order valence-electron chi connectivity index (χ1n) is 11.1. The van der Waals surface area contributed by atoms with Crippen molar-refractivity contribution in [3.8, 4) is 11.1 Å². The summed E-state index contributed by atoms with van der Waals surface area (Å²) in [6, 6.07) is 19.5. The molecule has 4 rings (SSSR count). The molecule has 0 aromatic heterocycles. The van der Waals surface area contributed by atoms with Gasteiger partial charge in [0, 0.05) is 29.1 Å². The molecule has 0 bridgehead atoms. The number of fused-ring (bicyclic) bond motifs is 1. The molecular formula is C27H25ClN2O5. The van der Waals surface area contributed by atoms with Gasteiger partial charge in [0.2, 0.25) is 0 Å². The van der Waals surface area contributed by atoms with Gasteiger partial charge < -0.3 is 20.5 Å². The molecule has 0 fully saturated rings. The molecule has 0 radical (unpaired) electrons. The fourth-order valence-electron chi connectivity index (χ4n) is 4.50. The third kappa shape index (κ3) is 5.53. The van der Waals surface area contributed by atoms with E-state index in [0.29, 0.717) is 34.8 Å². The number of aryl methyl sites for hydroxylation is 1. The summed E-state index contributed by atoms with van der Waals surface area (Å²) in [6.07, 6.45) is 0.766. The highest BCUT2D eigenvalue weighted by Gasteiger charge is 2.44. The van der Waals surface area contributed by atoms with Crippen molar-refractivity contribution in [2.45, 2.75) is 19.3 Å². The van der Waals surface area contributed by atoms with E-state index in [1.54, 1.807) is 42.5 Å². The largest absolute Gasteiger partial charge is 0.481 e. The van der Waals surface area contributed by atoms with Crippen molar-refractivity contribution in [3.63, 3.8) is 0 Å². The quantitative estimate of drug-likeness (QED) is 0.381. The summed E-state index contributed by atoms with van der Waals surface area (Å²) in [5, 5.41) is 15.4. The van der Waals surface area contributed by atoms with Gasteiger partial charge in [-0.05, 0) is 59.9 Å². The lowest BCUT2D eigenvalue weighted by Crippen LogP contribution is -2.41. The number of carboxylic acids is 1. The number of anilines is 2. The lowest BCUT2D eigenvalue weighted by Gasteiger charge is -2.35. The Bertz CT molecular complexity index is 1270. The van der Waals surface area contributed by atoms with Gasteiger partial charge in [-0.3, -0.25) is 9.59 Å². The SMILES string of the molecule is COCC1(CC(=O)O)CCc2cc(-c3ccc(NC(=O)Nc4cccc(Cl)c4)cc3)ccc2C1=O. The van der Waals surface area contributed by atoms with Gasteiger partial charge in [0.05, 0.1) is 18.4 Å². The van der Waals surface area contributed by atoms with Gasteiger partial charge in [-0.25, -0.2) is 4.79 Å². The van der Waals surface area contributed by atoms with Crippen LogP contribution in [0.2, 0.25) is 5.02 Å².